The van der Waals surface area contributed by atoms with E-state index in [0.29, 0.717) is 13.2 Å². The van der Waals surface area contributed by atoms with Gasteiger partial charge in [0.1, 0.15) is 5.75 Å². The van der Waals surface area contributed by atoms with Crippen molar-refractivity contribution < 1.29 is 19.0 Å². The minimum atomic E-state index is -0.654. The quantitative estimate of drug-likeness (QED) is 0.335. The Morgan fingerprint density at radius 1 is 1.19 bits per heavy atom. The van der Waals surface area contributed by atoms with Crippen LogP contribution in [0.2, 0.25) is 0 Å². The molecule has 0 unspecified atom stereocenters. The second-order valence-corrected chi connectivity index (χ2v) is 3.98. The van der Waals surface area contributed by atoms with E-state index in [1.807, 2.05) is 38.1 Å². The molecule has 112 valence electrons. The summed E-state index contributed by atoms with van der Waals surface area (Å²) >= 11 is 0. The minimum absolute atomic E-state index is 0.296. The van der Waals surface area contributed by atoms with E-state index in [4.69, 9.17) is 14.2 Å². The van der Waals surface area contributed by atoms with E-state index < -0.39 is 6.29 Å². The molecule has 1 rings (SSSR count). The van der Waals surface area contributed by atoms with Crippen molar-refractivity contribution in [1.82, 2.24) is 0 Å². The van der Waals surface area contributed by atoms with Gasteiger partial charge >= 0.3 is 0 Å². The van der Waals surface area contributed by atoms with Gasteiger partial charge in [0, 0.05) is 13.2 Å². The first-order chi connectivity index (χ1) is 10.2. The Balaban J connectivity index is 2.61. The van der Waals surface area contributed by atoms with Gasteiger partial charge in [-0.25, -0.2) is 0 Å². The molecule has 0 saturated carbocycles. The highest BCUT2D eigenvalue weighted by atomic mass is 16.7. The summed E-state index contributed by atoms with van der Waals surface area (Å²) in [6.45, 7) is 4.66. The molecule has 0 aliphatic heterocycles. The van der Waals surface area contributed by atoms with Gasteiger partial charge in [0.25, 0.3) is 0 Å². The van der Waals surface area contributed by atoms with E-state index in [1.165, 1.54) is 6.08 Å². The number of ether oxygens (including phenoxy) is 3. The van der Waals surface area contributed by atoms with E-state index >= 15 is 0 Å². The Kier molecular flexibility index (Phi) is 7.88. The lowest BCUT2D eigenvalue weighted by atomic mass is 10.2. The van der Waals surface area contributed by atoms with Crippen molar-refractivity contribution in [1.29, 1.82) is 0 Å². The van der Waals surface area contributed by atoms with E-state index in [9.17, 15) is 4.79 Å². The Morgan fingerprint density at radius 2 is 1.81 bits per heavy atom. The van der Waals surface area contributed by atoms with Gasteiger partial charge < -0.3 is 14.2 Å². The topological polar surface area (TPSA) is 44.8 Å². The van der Waals surface area contributed by atoms with Gasteiger partial charge in [0.15, 0.2) is 0 Å². The summed E-state index contributed by atoms with van der Waals surface area (Å²) in [6.07, 6.45) is 2.47. The molecule has 4 nitrogen and oxygen atoms in total. The van der Waals surface area contributed by atoms with Crippen LogP contribution in [0.4, 0.5) is 0 Å². The Bertz CT molecular complexity index is 514. The number of methoxy groups -OCH3 is 1. The zero-order valence-electron chi connectivity index (χ0n) is 12.6. The van der Waals surface area contributed by atoms with Gasteiger partial charge in [-0.1, -0.05) is 18.2 Å². The molecule has 0 amide bonds. The summed E-state index contributed by atoms with van der Waals surface area (Å²) in [5.74, 6) is 5.63. The van der Waals surface area contributed by atoms with Crippen molar-refractivity contribution in [2.45, 2.75) is 20.1 Å². The molecule has 1 aromatic rings. The van der Waals surface area contributed by atoms with Gasteiger partial charge in [-0.15, -0.1) is 0 Å². The molecule has 4 heteroatoms. The molecule has 0 saturated heterocycles. The third-order valence-electron chi connectivity index (χ3n) is 2.49. The molecule has 0 atom stereocenters. The summed E-state index contributed by atoms with van der Waals surface area (Å²) in [5, 5.41) is 0. The van der Waals surface area contributed by atoms with E-state index in [-0.39, 0.29) is 5.78 Å². The molecule has 0 bridgehead atoms. The number of allylic oxidation sites excluding steroid dienone is 1. The molecule has 0 fully saturated rings. The van der Waals surface area contributed by atoms with Crippen LogP contribution in [0.15, 0.2) is 30.3 Å². The second kappa shape index (κ2) is 9.76. The number of carbonyl (C=O) groups is 1. The third kappa shape index (κ3) is 6.75. The summed E-state index contributed by atoms with van der Waals surface area (Å²) in [7, 11) is 1.61. The van der Waals surface area contributed by atoms with Crippen LogP contribution in [0.5, 0.6) is 5.75 Å². The van der Waals surface area contributed by atoms with Crippen molar-refractivity contribution in [3.05, 3.63) is 35.9 Å². The largest absolute Gasteiger partial charge is 0.497 e. The highest BCUT2D eigenvalue weighted by Gasteiger charge is 2.02. The Labute approximate surface area is 125 Å². The zero-order chi connectivity index (χ0) is 15.5. The highest BCUT2D eigenvalue weighted by molar-refractivity contribution is 6.06. The van der Waals surface area contributed by atoms with Crippen molar-refractivity contribution in [3.8, 4) is 17.6 Å². The fraction of sp³-hybridized carbons (Fsp3) is 0.353. The highest BCUT2D eigenvalue weighted by Crippen LogP contribution is 2.12. The Hall–Kier alpha value is -2.09. The lowest BCUT2D eigenvalue weighted by Crippen LogP contribution is -2.15. The standard InChI is InChI=1S/C17H20O4/c1-4-20-17(21-5-2)13-10-15(18)9-6-14-7-11-16(19-3)12-8-14/h6-9,11-12,17H,4-5H2,1-3H3/b9-6+. The van der Waals surface area contributed by atoms with Crippen LogP contribution in [-0.2, 0) is 14.3 Å². The number of hydrogen-bond donors (Lipinski definition) is 0. The van der Waals surface area contributed by atoms with Crippen molar-refractivity contribution >= 4 is 11.9 Å². The molecule has 0 aromatic heterocycles. The average Bonchev–Trinajstić information content (AvgIpc) is 2.51. The fourth-order valence-corrected chi connectivity index (χ4v) is 1.49. The monoisotopic (exact) mass is 288 g/mol. The molecule has 0 radical (unpaired) electrons. The molecule has 21 heavy (non-hydrogen) atoms. The summed E-state index contributed by atoms with van der Waals surface area (Å²) in [6, 6.07) is 7.38. The normalized spacial score (nSPS) is 10.5. The van der Waals surface area contributed by atoms with Gasteiger partial charge in [-0.3, -0.25) is 4.79 Å². The number of ketones is 1. The average molecular weight is 288 g/mol. The molecule has 0 spiro atoms. The van der Waals surface area contributed by atoms with Crippen molar-refractivity contribution in [3.63, 3.8) is 0 Å². The second-order valence-electron chi connectivity index (χ2n) is 3.98. The van der Waals surface area contributed by atoms with Crippen LogP contribution in [0.25, 0.3) is 6.08 Å². The molecule has 0 N–H and O–H groups in total. The van der Waals surface area contributed by atoms with Crippen LogP contribution >= 0.6 is 0 Å². The predicted molar refractivity (Wildman–Crippen MR) is 81.9 cm³/mol. The van der Waals surface area contributed by atoms with Crippen molar-refractivity contribution in [2.24, 2.45) is 0 Å². The Morgan fingerprint density at radius 3 is 2.33 bits per heavy atom. The maximum atomic E-state index is 11.7. The smallest absolute Gasteiger partial charge is 0.228 e. The first kappa shape index (κ1) is 17.0. The van der Waals surface area contributed by atoms with Crippen LogP contribution in [-0.4, -0.2) is 32.4 Å². The van der Waals surface area contributed by atoms with E-state index in [1.54, 1.807) is 13.2 Å². The van der Waals surface area contributed by atoms with Crippen LogP contribution in [0.1, 0.15) is 19.4 Å². The predicted octanol–water partition coefficient (Wildman–Crippen LogP) is 2.68. The van der Waals surface area contributed by atoms with Gasteiger partial charge in [0.05, 0.1) is 7.11 Å². The van der Waals surface area contributed by atoms with Gasteiger partial charge in [-0.05, 0) is 49.5 Å². The van der Waals surface area contributed by atoms with Gasteiger partial charge in [0.2, 0.25) is 12.1 Å². The maximum absolute atomic E-state index is 11.7. The lowest BCUT2D eigenvalue weighted by molar-refractivity contribution is -0.110. The number of carbonyl (C=O) groups excluding carboxylic acids is 1. The molecule has 0 heterocycles. The van der Waals surface area contributed by atoms with E-state index in [0.717, 1.165) is 11.3 Å². The zero-order valence-corrected chi connectivity index (χ0v) is 12.6. The van der Waals surface area contributed by atoms with E-state index in [2.05, 4.69) is 11.8 Å². The number of rotatable bonds is 7. The van der Waals surface area contributed by atoms with Gasteiger partial charge in [-0.2, -0.15) is 0 Å². The molecular formula is C17H20O4. The van der Waals surface area contributed by atoms with Crippen LogP contribution in [0, 0.1) is 11.8 Å². The number of benzene rings is 1. The third-order valence-corrected chi connectivity index (χ3v) is 2.49. The molecular weight excluding hydrogens is 268 g/mol. The SMILES string of the molecule is CCOC(C#CC(=O)/C=C/c1ccc(OC)cc1)OCC. The summed E-state index contributed by atoms with van der Waals surface area (Å²) in [5.41, 5.74) is 0.900. The van der Waals surface area contributed by atoms with Crippen LogP contribution < -0.4 is 4.74 Å². The fourth-order valence-electron chi connectivity index (χ4n) is 1.49. The molecule has 1 aromatic carbocycles. The molecule has 0 aliphatic rings. The summed E-state index contributed by atoms with van der Waals surface area (Å²) in [4.78, 5) is 11.7. The summed E-state index contributed by atoms with van der Waals surface area (Å²) < 4.78 is 15.5. The van der Waals surface area contributed by atoms with Crippen LogP contribution in [0.3, 0.4) is 0 Å². The first-order valence-electron chi connectivity index (χ1n) is 6.80. The number of hydrogen-bond acceptors (Lipinski definition) is 4. The maximum Gasteiger partial charge on any atom is 0.228 e. The first-order valence-corrected chi connectivity index (χ1v) is 6.80. The minimum Gasteiger partial charge on any atom is -0.497 e. The van der Waals surface area contributed by atoms with Crippen molar-refractivity contribution in [2.75, 3.05) is 20.3 Å². The lowest BCUT2D eigenvalue weighted by Gasteiger charge is -2.09. The molecule has 0 aliphatic carbocycles.